The summed E-state index contributed by atoms with van der Waals surface area (Å²) in [5.74, 6) is 0.0877. The molecule has 3 nitrogen and oxygen atoms in total. The fourth-order valence-corrected chi connectivity index (χ4v) is 3.23. The topological polar surface area (TPSA) is 29.5 Å². The molecule has 2 aromatic rings. The van der Waals surface area contributed by atoms with Crippen LogP contribution in [-0.4, -0.2) is 30.0 Å². The van der Waals surface area contributed by atoms with E-state index in [1.807, 2.05) is 60.4 Å². The number of likely N-dealkylation sites (tertiary alicyclic amines) is 1. The quantitative estimate of drug-likeness (QED) is 0.819. The summed E-state index contributed by atoms with van der Waals surface area (Å²) in [6.45, 7) is 3.91. The average Bonchev–Trinajstić information content (AvgIpc) is 2.61. The highest BCUT2D eigenvalue weighted by molar-refractivity contribution is 6.31. The number of carbonyl (C=O) groups is 1. The molecule has 1 atom stereocenters. The Morgan fingerprint density at radius 3 is 2.88 bits per heavy atom. The maximum absolute atomic E-state index is 12.7. The molecule has 1 fully saturated rings. The molecule has 126 valence electrons. The third-order valence-electron chi connectivity index (χ3n) is 4.36. The number of halogens is 1. The first kappa shape index (κ1) is 17.0. The first-order chi connectivity index (χ1) is 11.6. The summed E-state index contributed by atoms with van der Waals surface area (Å²) >= 11 is 6.17. The molecule has 1 aliphatic rings. The second-order valence-corrected chi connectivity index (χ2v) is 6.69. The molecule has 0 N–H and O–H groups in total. The zero-order chi connectivity index (χ0) is 16.9. The molecule has 0 spiro atoms. The summed E-state index contributed by atoms with van der Waals surface area (Å²) < 4.78 is 6.01. The van der Waals surface area contributed by atoms with Crippen molar-refractivity contribution in [1.29, 1.82) is 0 Å². The van der Waals surface area contributed by atoms with E-state index in [0.717, 1.165) is 41.1 Å². The van der Waals surface area contributed by atoms with Gasteiger partial charge in [0.05, 0.1) is 12.7 Å². The van der Waals surface area contributed by atoms with Crippen LogP contribution in [0, 0.1) is 6.92 Å². The van der Waals surface area contributed by atoms with Crippen LogP contribution in [0.2, 0.25) is 5.02 Å². The zero-order valence-corrected chi connectivity index (χ0v) is 14.6. The Morgan fingerprint density at radius 1 is 1.25 bits per heavy atom. The van der Waals surface area contributed by atoms with Gasteiger partial charge in [-0.1, -0.05) is 47.5 Å². The van der Waals surface area contributed by atoms with Gasteiger partial charge in [0.25, 0.3) is 5.91 Å². The van der Waals surface area contributed by atoms with Crippen LogP contribution < -0.4 is 0 Å². The molecule has 0 bridgehead atoms. The minimum atomic E-state index is 0.0591. The summed E-state index contributed by atoms with van der Waals surface area (Å²) in [6.07, 6.45) is 2.00. The standard InChI is InChI=1S/C20H22ClNO2/c1-15-6-4-8-16(12-15)20(23)22-11-5-9-18(13-22)24-14-17-7-2-3-10-19(17)21/h2-4,6-8,10,12,18H,5,9,11,13-14H2,1H3. The van der Waals surface area contributed by atoms with Gasteiger partial charge in [-0.15, -0.1) is 0 Å². The van der Waals surface area contributed by atoms with Gasteiger partial charge in [0.1, 0.15) is 0 Å². The van der Waals surface area contributed by atoms with E-state index < -0.39 is 0 Å². The van der Waals surface area contributed by atoms with Crippen molar-refractivity contribution in [1.82, 2.24) is 4.90 Å². The lowest BCUT2D eigenvalue weighted by atomic mass is 10.1. The molecular weight excluding hydrogens is 322 g/mol. The normalized spacial score (nSPS) is 17.8. The number of ether oxygens (including phenoxy) is 1. The highest BCUT2D eigenvalue weighted by Crippen LogP contribution is 2.20. The Hall–Kier alpha value is -1.84. The van der Waals surface area contributed by atoms with Crippen LogP contribution in [-0.2, 0) is 11.3 Å². The van der Waals surface area contributed by atoms with Crippen molar-refractivity contribution in [2.75, 3.05) is 13.1 Å². The van der Waals surface area contributed by atoms with Gasteiger partial charge in [-0.3, -0.25) is 4.79 Å². The number of piperidine rings is 1. The largest absolute Gasteiger partial charge is 0.372 e. The molecule has 0 aliphatic carbocycles. The molecule has 1 amide bonds. The number of carbonyl (C=O) groups excluding carboxylic acids is 1. The molecule has 3 rings (SSSR count). The second-order valence-electron chi connectivity index (χ2n) is 6.29. The Balaban J connectivity index is 1.60. The SMILES string of the molecule is Cc1cccc(C(=O)N2CCCC(OCc3ccccc3Cl)C2)c1. The van der Waals surface area contributed by atoms with E-state index in [1.165, 1.54) is 0 Å². The number of rotatable bonds is 4. The highest BCUT2D eigenvalue weighted by atomic mass is 35.5. The lowest BCUT2D eigenvalue weighted by molar-refractivity contribution is -0.00670. The number of nitrogens with zero attached hydrogens (tertiary/aromatic N) is 1. The van der Waals surface area contributed by atoms with Crippen molar-refractivity contribution in [2.45, 2.75) is 32.5 Å². The predicted molar refractivity (Wildman–Crippen MR) is 96.3 cm³/mol. The van der Waals surface area contributed by atoms with Crippen molar-refractivity contribution in [3.63, 3.8) is 0 Å². The van der Waals surface area contributed by atoms with Gasteiger partial charge < -0.3 is 9.64 Å². The summed E-state index contributed by atoms with van der Waals surface area (Å²) in [5.41, 5.74) is 2.84. The van der Waals surface area contributed by atoms with Crippen molar-refractivity contribution >= 4 is 17.5 Å². The van der Waals surface area contributed by atoms with Crippen LogP contribution >= 0.6 is 11.6 Å². The Morgan fingerprint density at radius 2 is 2.08 bits per heavy atom. The molecule has 1 aliphatic heterocycles. The molecule has 0 radical (unpaired) electrons. The monoisotopic (exact) mass is 343 g/mol. The number of amides is 1. The Labute approximate surface area is 148 Å². The van der Waals surface area contributed by atoms with Gasteiger partial charge in [0.15, 0.2) is 0 Å². The van der Waals surface area contributed by atoms with Gasteiger partial charge >= 0.3 is 0 Å². The summed E-state index contributed by atoms with van der Waals surface area (Å²) in [4.78, 5) is 14.6. The fraction of sp³-hybridized carbons (Fsp3) is 0.350. The van der Waals surface area contributed by atoms with Crippen LogP contribution in [0.15, 0.2) is 48.5 Å². The first-order valence-corrected chi connectivity index (χ1v) is 8.72. The molecule has 2 aromatic carbocycles. The molecule has 4 heteroatoms. The van der Waals surface area contributed by atoms with Crippen molar-refractivity contribution in [2.24, 2.45) is 0 Å². The van der Waals surface area contributed by atoms with Crippen LogP contribution in [0.1, 0.15) is 34.3 Å². The number of benzene rings is 2. The summed E-state index contributed by atoms with van der Waals surface area (Å²) in [5, 5.41) is 0.723. The average molecular weight is 344 g/mol. The molecule has 0 aromatic heterocycles. The second kappa shape index (κ2) is 7.82. The van der Waals surface area contributed by atoms with Gasteiger partial charge in [-0.2, -0.15) is 0 Å². The first-order valence-electron chi connectivity index (χ1n) is 8.34. The van der Waals surface area contributed by atoms with E-state index in [0.29, 0.717) is 13.2 Å². The lowest BCUT2D eigenvalue weighted by Gasteiger charge is -2.33. The maximum Gasteiger partial charge on any atom is 0.253 e. The molecule has 1 heterocycles. The van der Waals surface area contributed by atoms with Crippen molar-refractivity contribution < 1.29 is 9.53 Å². The van der Waals surface area contributed by atoms with Crippen LogP contribution in [0.25, 0.3) is 0 Å². The fourth-order valence-electron chi connectivity index (χ4n) is 3.04. The van der Waals surface area contributed by atoms with Gasteiger partial charge in [0.2, 0.25) is 0 Å². The van der Waals surface area contributed by atoms with Gasteiger partial charge in [-0.05, 0) is 43.5 Å². The molecule has 24 heavy (non-hydrogen) atoms. The molecule has 1 saturated heterocycles. The highest BCUT2D eigenvalue weighted by Gasteiger charge is 2.25. The lowest BCUT2D eigenvalue weighted by Crippen LogP contribution is -2.43. The molecule has 1 unspecified atom stereocenters. The van der Waals surface area contributed by atoms with Crippen LogP contribution in [0.4, 0.5) is 0 Å². The number of aryl methyl sites for hydroxylation is 1. The van der Waals surface area contributed by atoms with E-state index in [1.54, 1.807) is 0 Å². The zero-order valence-electron chi connectivity index (χ0n) is 13.9. The Bertz CT molecular complexity index is 716. The molecular formula is C20H22ClNO2. The predicted octanol–water partition coefficient (Wildman–Crippen LogP) is 4.47. The minimum Gasteiger partial charge on any atom is -0.372 e. The minimum absolute atomic E-state index is 0.0591. The third-order valence-corrected chi connectivity index (χ3v) is 4.73. The summed E-state index contributed by atoms with van der Waals surface area (Å²) in [6, 6.07) is 15.5. The van der Waals surface area contributed by atoms with Gasteiger partial charge in [-0.25, -0.2) is 0 Å². The van der Waals surface area contributed by atoms with E-state index in [2.05, 4.69) is 0 Å². The van der Waals surface area contributed by atoms with E-state index in [4.69, 9.17) is 16.3 Å². The maximum atomic E-state index is 12.7. The van der Waals surface area contributed by atoms with Crippen LogP contribution in [0.3, 0.4) is 0 Å². The smallest absolute Gasteiger partial charge is 0.253 e. The third kappa shape index (κ3) is 4.16. The summed E-state index contributed by atoms with van der Waals surface area (Å²) in [7, 11) is 0. The van der Waals surface area contributed by atoms with Crippen LogP contribution in [0.5, 0.6) is 0 Å². The number of hydrogen-bond acceptors (Lipinski definition) is 2. The molecule has 0 saturated carbocycles. The Kier molecular flexibility index (Phi) is 5.54. The van der Waals surface area contributed by atoms with E-state index >= 15 is 0 Å². The van der Waals surface area contributed by atoms with E-state index in [-0.39, 0.29) is 12.0 Å². The van der Waals surface area contributed by atoms with Crippen molar-refractivity contribution in [3.8, 4) is 0 Å². The number of hydrogen-bond donors (Lipinski definition) is 0. The van der Waals surface area contributed by atoms with Crippen molar-refractivity contribution in [3.05, 3.63) is 70.2 Å². The van der Waals surface area contributed by atoms with Gasteiger partial charge in [0, 0.05) is 23.7 Å². The van der Waals surface area contributed by atoms with E-state index in [9.17, 15) is 4.79 Å².